The van der Waals surface area contributed by atoms with Crippen molar-refractivity contribution in [2.75, 3.05) is 13.2 Å². The van der Waals surface area contributed by atoms with Gasteiger partial charge in [-0.2, -0.15) is 0 Å². The number of rotatable bonds is 7. The summed E-state index contributed by atoms with van der Waals surface area (Å²) in [6.45, 7) is 4.66. The fraction of sp³-hybridized carbons (Fsp3) is 1.00. The average Bonchev–Trinajstić information content (AvgIpc) is 2.01. The Morgan fingerprint density at radius 3 is 2.08 bits per heavy atom. The van der Waals surface area contributed by atoms with E-state index in [1.165, 1.54) is 0 Å². The molecule has 3 nitrogen and oxygen atoms in total. The first-order chi connectivity index (χ1) is 5.70. The van der Waals surface area contributed by atoms with Crippen LogP contribution in [0.3, 0.4) is 0 Å². The van der Waals surface area contributed by atoms with Gasteiger partial charge in [0.1, 0.15) is 0 Å². The van der Waals surface area contributed by atoms with Gasteiger partial charge in [0.15, 0.2) is 0 Å². The monoisotopic (exact) mass is 175 g/mol. The molecule has 0 aromatic carbocycles. The van der Waals surface area contributed by atoms with Crippen LogP contribution in [-0.4, -0.2) is 35.5 Å². The second-order valence-corrected chi connectivity index (χ2v) is 3.35. The fourth-order valence-electron chi connectivity index (χ4n) is 1.24. The summed E-state index contributed by atoms with van der Waals surface area (Å²) < 4.78 is 0. The molecular formula is C9H21NO2. The molecule has 3 heteroatoms. The van der Waals surface area contributed by atoms with Gasteiger partial charge in [0.05, 0.1) is 0 Å². The molecule has 3 N–H and O–H groups in total. The van der Waals surface area contributed by atoms with Crippen molar-refractivity contribution in [3.63, 3.8) is 0 Å². The summed E-state index contributed by atoms with van der Waals surface area (Å²) in [6.07, 6.45) is 2.63. The SMILES string of the molecule is CC(CCO)NC(C)CCCO. The van der Waals surface area contributed by atoms with Crippen LogP contribution in [0.4, 0.5) is 0 Å². The maximum atomic E-state index is 8.65. The van der Waals surface area contributed by atoms with E-state index in [4.69, 9.17) is 10.2 Å². The summed E-state index contributed by atoms with van der Waals surface area (Å²) in [4.78, 5) is 0. The predicted octanol–water partition coefficient (Wildman–Crippen LogP) is 0.508. The van der Waals surface area contributed by atoms with E-state index >= 15 is 0 Å². The first-order valence-corrected chi connectivity index (χ1v) is 4.68. The van der Waals surface area contributed by atoms with E-state index in [1.54, 1.807) is 0 Å². The summed E-state index contributed by atoms with van der Waals surface area (Å²) in [5.74, 6) is 0. The van der Waals surface area contributed by atoms with E-state index in [1.807, 2.05) is 0 Å². The molecule has 0 saturated heterocycles. The summed E-state index contributed by atoms with van der Waals surface area (Å²) >= 11 is 0. The van der Waals surface area contributed by atoms with Gasteiger partial charge < -0.3 is 15.5 Å². The summed E-state index contributed by atoms with van der Waals surface area (Å²) in [5.41, 5.74) is 0. The minimum Gasteiger partial charge on any atom is -0.396 e. The second-order valence-electron chi connectivity index (χ2n) is 3.35. The average molecular weight is 175 g/mol. The van der Waals surface area contributed by atoms with Gasteiger partial charge in [0.2, 0.25) is 0 Å². The molecule has 0 radical (unpaired) electrons. The van der Waals surface area contributed by atoms with Crippen molar-refractivity contribution in [3.8, 4) is 0 Å². The van der Waals surface area contributed by atoms with Crippen molar-refractivity contribution in [2.45, 2.75) is 45.2 Å². The number of aliphatic hydroxyl groups is 2. The Balaban J connectivity index is 3.33. The van der Waals surface area contributed by atoms with E-state index in [9.17, 15) is 0 Å². The van der Waals surface area contributed by atoms with Crippen LogP contribution in [0.15, 0.2) is 0 Å². The van der Waals surface area contributed by atoms with Gasteiger partial charge in [-0.3, -0.25) is 0 Å². The molecule has 0 rings (SSSR count). The van der Waals surface area contributed by atoms with Crippen LogP contribution in [0, 0.1) is 0 Å². The lowest BCUT2D eigenvalue weighted by Gasteiger charge is -2.18. The van der Waals surface area contributed by atoms with Crippen molar-refractivity contribution in [1.82, 2.24) is 5.32 Å². The van der Waals surface area contributed by atoms with Crippen LogP contribution >= 0.6 is 0 Å². The molecule has 0 fully saturated rings. The molecule has 0 aliphatic heterocycles. The van der Waals surface area contributed by atoms with E-state index in [2.05, 4.69) is 19.2 Å². The van der Waals surface area contributed by atoms with E-state index in [0.29, 0.717) is 12.1 Å². The Hall–Kier alpha value is -0.120. The molecule has 0 aliphatic carbocycles. The van der Waals surface area contributed by atoms with Crippen LogP contribution in [0.1, 0.15) is 33.1 Å². The van der Waals surface area contributed by atoms with Crippen molar-refractivity contribution in [1.29, 1.82) is 0 Å². The van der Waals surface area contributed by atoms with Crippen LogP contribution in [0.2, 0.25) is 0 Å². The molecule has 74 valence electrons. The van der Waals surface area contributed by atoms with Crippen LogP contribution in [0.5, 0.6) is 0 Å². The highest BCUT2D eigenvalue weighted by atomic mass is 16.3. The largest absolute Gasteiger partial charge is 0.396 e. The third-order valence-electron chi connectivity index (χ3n) is 1.93. The molecule has 0 amide bonds. The van der Waals surface area contributed by atoms with Gasteiger partial charge in [-0.25, -0.2) is 0 Å². The zero-order valence-corrected chi connectivity index (χ0v) is 8.08. The number of nitrogens with one attached hydrogen (secondary N) is 1. The Morgan fingerprint density at radius 1 is 1.00 bits per heavy atom. The normalized spacial score (nSPS) is 16.0. The van der Waals surface area contributed by atoms with Crippen LogP contribution < -0.4 is 5.32 Å². The van der Waals surface area contributed by atoms with Gasteiger partial charge in [-0.15, -0.1) is 0 Å². The first-order valence-electron chi connectivity index (χ1n) is 4.68. The quantitative estimate of drug-likeness (QED) is 0.528. The molecule has 2 atom stereocenters. The smallest absolute Gasteiger partial charge is 0.0445 e. The van der Waals surface area contributed by atoms with Gasteiger partial charge in [0, 0.05) is 25.3 Å². The maximum Gasteiger partial charge on any atom is 0.0445 e. The third-order valence-corrected chi connectivity index (χ3v) is 1.93. The second kappa shape index (κ2) is 7.53. The minimum atomic E-state index is 0.237. The lowest BCUT2D eigenvalue weighted by Crippen LogP contribution is -2.35. The standard InChI is InChI=1S/C9H21NO2/c1-8(4-3-6-11)10-9(2)5-7-12/h8-12H,3-7H2,1-2H3. The van der Waals surface area contributed by atoms with Crippen molar-refractivity contribution in [3.05, 3.63) is 0 Å². The van der Waals surface area contributed by atoms with Crippen LogP contribution in [0.25, 0.3) is 0 Å². The molecular weight excluding hydrogens is 154 g/mol. The van der Waals surface area contributed by atoms with E-state index < -0.39 is 0 Å². The topological polar surface area (TPSA) is 52.5 Å². The summed E-state index contributed by atoms with van der Waals surface area (Å²) in [6, 6.07) is 0.794. The van der Waals surface area contributed by atoms with Crippen LogP contribution in [-0.2, 0) is 0 Å². The predicted molar refractivity (Wildman–Crippen MR) is 50.1 cm³/mol. The molecule has 12 heavy (non-hydrogen) atoms. The molecule has 0 bridgehead atoms. The van der Waals surface area contributed by atoms with Gasteiger partial charge >= 0.3 is 0 Å². The number of hydrogen-bond donors (Lipinski definition) is 3. The van der Waals surface area contributed by atoms with Crippen molar-refractivity contribution < 1.29 is 10.2 Å². The van der Waals surface area contributed by atoms with E-state index in [-0.39, 0.29) is 13.2 Å². The van der Waals surface area contributed by atoms with Crippen molar-refractivity contribution in [2.24, 2.45) is 0 Å². The highest BCUT2D eigenvalue weighted by Gasteiger charge is 2.05. The summed E-state index contributed by atoms with van der Waals surface area (Å²) in [5, 5.41) is 20.6. The van der Waals surface area contributed by atoms with Gasteiger partial charge in [0.25, 0.3) is 0 Å². The highest BCUT2D eigenvalue weighted by molar-refractivity contribution is 4.66. The Morgan fingerprint density at radius 2 is 1.58 bits per heavy atom. The molecule has 0 spiro atoms. The number of aliphatic hydroxyl groups excluding tert-OH is 2. The molecule has 0 aromatic heterocycles. The van der Waals surface area contributed by atoms with Gasteiger partial charge in [-0.05, 0) is 33.1 Å². The lowest BCUT2D eigenvalue weighted by atomic mass is 10.1. The molecule has 0 aliphatic rings. The maximum absolute atomic E-state index is 8.65. The lowest BCUT2D eigenvalue weighted by molar-refractivity contribution is 0.253. The van der Waals surface area contributed by atoms with Crippen molar-refractivity contribution >= 4 is 0 Å². The number of hydrogen-bond acceptors (Lipinski definition) is 3. The third kappa shape index (κ3) is 6.58. The zero-order chi connectivity index (χ0) is 9.40. The fourth-order valence-corrected chi connectivity index (χ4v) is 1.24. The Kier molecular flexibility index (Phi) is 7.45. The Labute approximate surface area is 74.8 Å². The molecule has 0 heterocycles. The minimum absolute atomic E-state index is 0.237. The molecule has 0 aromatic rings. The summed E-state index contributed by atoms with van der Waals surface area (Å²) in [7, 11) is 0. The van der Waals surface area contributed by atoms with Gasteiger partial charge in [-0.1, -0.05) is 0 Å². The Bertz CT molecular complexity index is 98.5. The zero-order valence-electron chi connectivity index (χ0n) is 8.08. The highest BCUT2D eigenvalue weighted by Crippen LogP contribution is 1.98. The van der Waals surface area contributed by atoms with E-state index in [0.717, 1.165) is 19.3 Å². The molecule has 0 saturated carbocycles. The first kappa shape index (κ1) is 11.9. The molecule has 2 unspecified atom stereocenters.